The van der Waals surface area contributed by atoms with Gasteiger partial charge < -0.3 is 22.3 Å². The van der Waals surface area contributed by atoms with Crippen molar-refractivity contribution in [1.29, 1.82) is 0 Å². The van der Waals surface area contributed by atoms with Crippen LogP contribution in [0.25, 0.3) is 0 Å². The molecule has 0 bridgehead atoms. The summed E-state index contributed by atoms with van der Waals surface area (Å²) in [6.45, 7) is 1.30. The Morgan fingerprint density at radius 2 is 1.92 bits per heavy atom. The second-order valence-electron chi connectivity index (χ2n) is 2.85. The van der Waals surface area contributed by atoms with Gasteiger partial charge in [-0.25, -0.2) is 0 Å². The van der Waals surface area contributed by atoms with Crippen LogP contribution in [0, 0.1) is 0 Å². The van der Waals surface area contributed by atoms with Gasteiger partial charge in [-0.1, -0.05) is 0 Å². The van der Waals surface area contributed by atoms with Crippen LogP contribution in [0.4, 0.5) is 0 Å². The quantitative estimate of drug-likeness (QED) is 0.365. The van der Waals surface area contributed by atoms with Crippen molar-refractivity contribution in [2.45, 2.75) is 25.0 Å². The molecule has 0 aromatic carbocycles. The van der Waals surface area contributed by atoms with Crippen LogP contribution < -0.4 is 17.2 Å². The van der Waals surface area contributed by atoms with Crippen molar-refractivity contribution in [3.63, 3.8) is 0 Å². The summed E-state index contributed by atoms with van der Waals surface area (Å²) >= 11 is 0. The van der Waals surface area contributed by atoms with Crippen LogP contribution >= 0.6 is 0 Å². The lowest BCUT2D eigenvalue weighted by atomic mass is 10.0. The molecule has 0 amide bonds. The normalized spacial score (nSPS) is 14.0. The summed E-state index contributed by atoms with van der Waals surface area (Å²) < 4.78 is 0. The standard InChI is InChI=1S/C6H13N3O3/c1-6(8,9)4(10)2-3(7)5(11)12/h3H,2,7-9H2,1H3,(H,11,12). The van der Waals surface area contributed by atoms with Crippen molar-refractivity contribution in [2.75, 3.05) is 0 Å². The van der Waals surface area contributed by atoms with Crippen LogP contribution in [-0.2, 0) is 9.59 Å². The Morgan fingerprint density at radius 3 is 2.17 bits per heavy atom. The minimum absolute atomic E-state index is 0.348. The van der Waals surface area contributed by atoms with E-state index in [1.807, 2.05) is 0 Å². The summed E-state index contributed by atoms with van der Waals surface area (Å²) in [5.74, 6) is -1.81. The molecule has 0 rings (SSSR count). The van der Waals surface area contributed by atoms with E-state index >= 15 is 0 Å². The van der Waals surface area contributed by atoms with Crippen molar-refractivity contribution in [3.8, 4) is 0 Å². The highest BCUT2D eigenvalue weighted by Crippen LogP contribution is 1.98. The Balaban J connectivity index is 4.11. The van der Waals surface area contributed by atoms with E-state index in [1.165, 1.54) is 6.92 Å². The van der Waals surface area contributed by atoms with E-state index in [0.29, 0.717) is 0 Å². The lowest BCUT2D eigenvalue weighted by molar-refractivity contribution is -0.140. The zero-order chi connectivity index (χ0) is 9.94. The third-order valence-corrected chi connectivity index (χ3v) is 1.32. The van der Waals surface area contributed by atoms with Gasteiger partial charge in [0.25, 0.3) is 0 Å². The number of carbonyl (C=O) groups is 2. The molecule has 0 aliphatic carbocycles. The average Bonchev–Trinajstić information content (AvgIpc) is 1.85. The maximum absolute atomic E-state index is 11.0. The zero-order valence-corrected chi connectivity index (χ0v) is 6.78. The number of hydrogen-bond acceptors (Lipinski definition) is 5. The molecule has 70 valence electrons. The number of carboxylic acid groups (broad SMARTS) is 1. The summed E-state index contributed by atoms with van der Waals surface area (Å²) in [5, 5.41) is 8.34. The topological polar surface area (TPSA) is 132 Å². The lowest BCUT2D eigenvalue weighted by Crippen LogP contribution is -2.55. The van der Waals surface area contributed by atoms with E-state index in [2.05, 4.69) is 0 Å². The summed E-state index contributed by atoms with van der Waals surface area (Å²) in [5.41, 5.74) is 14.0. The predicted octanol–water partition coefficient (Wildman–Crippen LogP) is -2.01. The zero-order valence-electron chi connectivity index (χ0n) is 6.78. The van der Waals surface area contributed by atoms with Gasteiger partial charge in [0.15, 0.2) is 5.78 Å². The minimum Gasteiger partial charge on any atom is -0.480 e. The monoisotopic (exact) mass is 175 g/mol. The molecule has 1 unspecified atom stereocenters. The molecule has 12 heavy (non-hydrogen) atoms. The first kappa shape index (κ1) is 11.0. The summed E-state index contributed by atoms with van der Waals surface area (Å²) in [4.78, 5) is 21.2. The Kier molecular flexibility index (Phi) is 3.32. The van der Waals surface area contributed by atoms with E-state index in [9.17, 15) is 9.59 Å². The number of ketones is 1. The van der Waals surface area contributed by atoms with Gasteiger partial charge in [-0.3, -0.25) is 9.59 Å². The van der Waals surface area contributed by atoms with Gasteiger partial charge in [0.05, 0.1) is 0 Å². The molecule has 0 saturated carbocycles. The lowest BCUT2D eigenvalue weighted by Gasteiger charge is -2.17. The molecule has 6 heteroatoms. The van der Waals surface area contributed by atoms with Crippen LogP contribution in [0.15, 0.2) is 0 Å². The predicted molar refractivity (Wildman–Crippen MR) is 42.0 cm³/mol. The molecule has 0 radical (unpaired) electrons. The molecule has 0 spiro atoms. The van der Waals surface area contributed by atoms with E-state index in [1.54, 1.807) is 0 Å². The number of carbonyl (C=O) groups excluding carboxylic acids is 1. The third-order valence-electron chi connectivity index (χ3n) is 1.32. The third kappa shape index (κ3) is 3.42. The molecule has 0 fully saturated rings. The van der Waals surface area contributed by atoms with E-state index in [0.717, 1.165) is 0 Å². The fourth-order valence-electron chi connectivity index (χ4n) is 0.507. The van der Waals surface area contributed by atoms with Crippen LogP contribution in [0.1, 0.15) is 13.3 Å². The summed E-state index contributed by atoms with van der Waals surface area (Å²) in [6.07, 6.45) is -0.348. The van der Waals surface area contributed by atoms with Gasteiger partial charge in [-0.15, -0.1) is 0 Å². The number of carboxylic acids is 1. The first-order chi connectivity index (χ1) is 5.25. The Morgan fingerprint density at radius 1 is 1.50 bits per heavy atom. The molecule has 6 nitrogen and oxygen atoms in total. The molecule has 0 aromatic rings. The van der Waals surface area contributed by atoms with E-state index in [4.69, 9.17) is 22.3 Å². The average molecular weight is 175 g/mol. The van der Waals surface area contributed by atoms with Gasteiger partial charge in [-0.05, 0) is 6.92 Å². The van der Waals surface area contributed by atoms with Crippen molar-refractivity contribution >= 4 is 11.8 Å². The maximum atomic E-state index is 11.0. The molecule has 0 aliphatic heterocycles. The van der Waals surface area contributed by atoms with Crippen LogP contribution in [-0.4, -0.2) is 28.6 Å². The van der Waals surface area contributed by atoms with E-state index < -0.39 is 23.5 Å². The number of nitrogens with two attached hydrogens (primary N) is 3. The van der Waals surface area contributed by atoms with Gasteiger partial charge in [-0.2, -0.15) is 0 Å². The highest BCUT2D eigenvalue weighted by Gasteiger charge is 2.26. The highest BCUT2D eigenvalue weighted by atomic mass is 16.4. The van der Waals surface area contributed by atoms with Crippen LogP contribution in [0.3, 0.4) is 0 Å². The van der Waals surface area contributed by atoms with Gasteiger partial charge in [0.1, 0.15) is 11.7 Å². The maximum Gasteiger partial charge on any atom is 0.320 e. The fraction of sp³-hybridized carbons (Fsp3) is 0.667. The summed E-state index contributed by atoms with van der Waals surface area (Å²) in [6, 6.07) is -1.23. The van der Waals surface area contributed by atoms with E-state index in [-0.39, 0.29) is 6.42 Å². The van der Waals surface area contributed by atoms with Crippen molar-refractivity contribution < 1.29 is 14.7 Å². The SMILES string of the molecule is CC(N)(N)C(=O)CC(N)C(=O)O. The molecule has 0 heterocycles. The second kappa shape index (κ2) is 3.61. The highest BCUT2D eigenvalue weighted by molar-refractivity contribution is 5.91. The molecule has 7 N–H and O–H groups in total. The minimum atomic E-state index is -1.51. The largest absolute Gasteiger partial charge is 0.480 e. The fourth-order valence-corrected chi connectivity index (χ4v) is 0.507. The molecule has 0 saturated heterocycles. The van der Waals surface area contributed by atoms with Gasteiger partial charge in [0.2, 0.25) is 0 Å². The number of Topliss-reactive ketones (excluding diaryl/α,β-unsaturated/α-hetero) is 1. The van der Waals surface area contributed by atoms with Gasteiger partial charge >= 0.3 is 5.97 Å². The Bertz CT molecular complexity index is 197. The smallest absolute Gasteiger partial charge is 0.320 e. The van der Waals surface area contributed by atoms with Crippen molar-refractivity contribution in [1.82, 2.24) is 0 Å². The molecular weight excluding hydrogens is 162 g/mol. The van der Waals surface area contributed by atoms with Crippen molar-refractivity contribution in [2.24, 2.45) is 17.2 Å². The first-order valence-electron chi connectivity index (χ1n) is 3.34. The molecular formula is C6H13N3O3. The number of hydrogen-bond donors (Lipinski definition) is 4. The van der Waals surface area contributed by atoms with Crippen molar-refractivity contribution in [3.05, 3.63) is 0 Å². The molecule has 1 atom stereocenters. The number of rotatable bonds is 4. The Hall–Kier alpha value is -0.980. The second-order valence-corrected chi connectivity index (χ2v) is 2.85. The summed E-state index contributed by atoms with van der Waals surface area (Å²) in [7, 11) is 0. The Labute approximate surface area is 69.7 Å². The van der Waals surface area contributed by atoms with Crippen LogP contribution in [0.5, 0.6) is 0 Å². The van der Waals surface area contributed by atoms with Crippen LogP contribution in [0.2, 0.25) is 0 Å². The molecule has 0 aliphatic rings. The molecule has 0 aromatic heterocycles. The van der Waals surface area contributed by atoms with Gasteiger partial charge in [0, 0.05) is 6.42 Å². The number of aliphatic carboxylic acids is 1. The first-order valence-corrected chi connectivity index (χ1v) is 3.34.